The molecule has 0 atom stereocenters. The molecule has 0 aliphatic carbocycles. The predicted molar refractivity (Wildman–Crippen MR) is 58.8 cm³/mol. The normalized spacial score (nSPS) is 17.3. The third kappa shape index (κ3) is 2.79. The van der Waals surface area contributed by atoms with E-state index >= 15 is 0 Å². The molecule has 0 N–H and O–H groups in total. The third-order valence-electron chi connectivity index (χ3n) is 2.58. The summed E-state index contributed by atoms with van der Waals surface area (Å²) < 4.78 is 5.29. The summed E-state index contributed by atoms with van der Waals surface area (Å²) in [5.74, 6) is 0. The molecular weight excluding hydrogens is 188 g/mol. The lowest BCUT2D eigenvalue weighted by molar-refractivity contribution is 0.0342. The molecule has 1 aliphatic rings. The maximum absolute atomic E-state index is 6.87. The summed E-state index contributed by atoms with van der Waals surface area (Å²) in [5, 5.41) is 0. The van der Waals surface area contributed by atoms with Crippen LogP contribution in [0.1, 0.15) is 5.56 Å². The molecule has 1 aliphatic heterocycles. The zero-order chi connectivity index (χ0) is 10.5. The zero-order valence-electron chi connectivity index (χ0n) is 8.65. The standard InChI is InChI=1S/C12H14N2O/c1-13-12-4-2-11(3-5-12)10-14-6-8-15-9-7-14/h2-5H,6-10H2. The lowest BCUT2D eigenvalue weighted by Gasteiger charge is -2.26. The third-order valence-corrected chi connectivity index (χ3v) is 2.58. The number of ether oxygens (including phenoxy) is 1. The number of hydrogen-bond donors (Lipinski definition) is 0. The SMILES string of the molecule is [C-]#[N+]c1ccc(CN2CCOCC2)cc1. The molecule has 0 unspecified atom stereocenters. The molecule has 1 aromatic carbocycles. The van der Waals surface area contributed by atoms with Crippen LogP contribution in [0.4, 0.5) is 5.69 Å². The van der Waals surface area contributed by atoms with Crippen molar-refractivity contribution < 1.29 is 4.74 Å². The Morgan fingerprint density at radius 2 is 1.87 bits per heavy atom. The van der Waals surface area contributed by atoms with Crippen molar-refractivity contribution in [3.8, 4) is 0 Å². The second-order valence-electron chi connectivity index (χ2n) is 3.67. The highest BCUT2D eigenvalue weighted by Crippen LogP contribution is 2.14. The van der Waals surface area contributed by atoms with E-state index < -0.39 is 0 Å². The molecule has 3 heteroatoms. The van der Waals surface area contributed by atoms with Gasteiger partial charge in [0.1, 0.15) is 0 Å². The van der Waals surface area contributed by atoms with Gasteiger partial charge in [0.2, 0.25) is 0 Å². The lowest BCUT2D eigenvalue weighted by atomic mass is 10.2. The molecule has 3 nitrogen and oxygen atoms in total. The molecule has 1 heterocycles. The van der Waals surface area contributed by atoms with Gasteiger partial charge in [-0.25, -0.2) is 4.85 Å². The minimum atomic E-state index is 0.709. The maximum atomic E-state index is 6.87. The summed E-state index contributed by atoms with van der Waals surface area (Å²) in [7, 11) is 0. The fraction of sp³-hybridized carbons (Fsp3) is 0.417. The molecule has 0 spiro atoms. The average Bonchev–Trinajstić information content (AvgIpc) is 2.31. The van der Waals surface area contributed by atoms with Gasteiger partial charge in [-0.2, -0.15) is 0 Å². The topological polar surface area (TPSA) is 16.8 Å². The van der Waals surface area contributed by atoms with Crippen molar-refractivity contribution in [2.24, 2.45) is 0 Å². The van der Waals surface area contributed by atoms with Crippen LogP contribution in [0.3, 0.4) is 0 Å². The molecule has 2 rings (SSSR count). The van der Waals surface area contributed by atoms with E-state index in [1.807, 2.05) is 24.3 Å². The van der Waals surface area contributed by atoms with Crippen molar-refractivity contribution in [2.75, 3.05) is 26.3 Å². The number of hydrogen-bond acceptors (Lipinski definition) is 2. The van der Waals surface area contributed by atoms with Crippen molar-refractivity contribution >= 4 is 5.69 Å². The summed E-state index contributed by atoms with van der Waals surface area (Å²) in [6, 6.07) is 7.82. The molecule has 78 valence electrons. The molecule has 0 saturated carbocycles. The van der Waals surface area contributed by atoms with Crippen molar-refractivity contribution in [3.63, 3.8) is 0 Å². The number of rotatable bonds is 2. The van der Waals surface area contributed by atoms with Crippen molar-refractivity contribution in [1.82, 2.24) is 4.90 Å². The van der Waals surface area contributed by atoms with Gasteiger partial charge >= 0.3 is 0 Å². The molecule has 0 bridgehead atoms. The van der Waals surface area contributed by atoms with Gasteiger partial charge in [0.15, 0.2) is 5.69 Å². The van der Waals surface area contributed by atoms with Crippen LogP contribution in [0.5, 0.6) is 0 Å². The molecule has 1 fully saturated rings. The fourth-order valence-corrected chi connectivity index (χ4v) is 1.69. The average molecular weight is 202 g/mol. The minimum Gasteiger partial charge on any atom is -0.379 e. The van der Waals surface area contributed by atoms with E-state index in [1.54, 1.807) is 0 Å². The first kappa shape index (κ1) is 10.2. The van der Waals surface area contributed by atoms with Gasteiger partial charge in [0.25, 0.3) is 0 Å². The Morgan fingerprint density at radius 1 is 1.20 bits per heavy atom. The first-order chi connectivity index (χ1) is 7.38. The minimum absolute atomic E-state index is 0.709. The highest BCUT2D eigenvalue weighted by molar-refractivity contribution is 5.45. The van der Waals surface area contributed by atoms with E-state index in [9.17, 15) is 0 Å². The summed E-state index contributed by atoms with van der Waals surface area (Å²) in [4.78, 5) is 5.75. The monoisotopic (exact) mass is 202 g/mol. The Bertz CT molecular complexity index is 347. The van der Waals surface area contributed by atoms with E-state index in [0.29, 0.717) is 5.69 Å². The van der Waals surface area contributed by atoms with E-state index in [-0.39, 0.29) is 0 Å². The molecule has 0 radical (unpaired) electrons. The largest absolute Gasteiger partial charge is 0.379 e. The zero-order valence-corrected chi connectivity index (χ0v) is 8.65. The first-order valence-electron chi connectivity index (χ1n) is 5.15. The summed E-state index contributed by atoms with van der Waals surface area (Å²) in [5.41, 5.74) is 1.98. The van der Waals surface area contributed by atoms with Gasteiger partial charge in [-0.05, 0) is 5.56 Å². The molecule has 0 amide bonds. The molecular formula is C12H14N2O. The van der Waals surface area contributed by atoms with E-state index in [2.05, 4.69) is 9.74 Å². The Hall–Kier alpha value is -1.37. The lowest BCUT2D eigenvalue weighted by Crippen LogP contribution is -2.35. The summed E-state index contributed by atoms with van der Waals surface area (Å²) in [6.45, 7) is 11.5. The van der Waals surface area contributed by atoms with Crippen LogP contribution in [0.25, 0.3) is 4.85 Å². The summed E-state index contributed by atoms with van der Waals surface area (Å²) >= 11 is 0. The Kier molecular flexibility index (Phi) is 3.33. The van der Waals surface area contributed by atoms with Crippen molar-refractivity contribution in [1.29, 1.82) is 0 Å². The van der Waals surface area contributed by atoms with Gasteiger partial charge in [-0.3, -0.25) is 4.90 Å². The number of morpholine rings is 1. The van der Waals surface area contributed by atoms with Crippen LogP contribution in [0, 0.1) is 6.57 Å². The quantitative estimate of drug-likeness (QED) is 0.683. The number of nitrogens with zero attached hydrogens (tertiary/aromatic N) is 2. The Labute approximate surface area is 90.1 Å². The smallest absolute Gasteiger partial charge is 0.187 e. The van der Waals surface area contributed by atoms with Crippen LogP contribution in [0.2, 0.25) is 0 Å². The van der Waals surface area contributed by atoms with Crippen LogP contribution >= 0.6 is 0 Å². The molecule has 0 aromatic heterocycles. The van der Waals surface area contributed by atoms with Gasteiger partial charge < -0.3 is 4.74 Å². The second-order valence-corrected chi connectivity index (χ2v) is 3.67. The summed E-state index contributed by atoms with van der Waals surface area (Å²) in [6.07, 6.45) is 0. The van der Waals surface area contributed by atoms with Gasteiger partial charge in [-0.1, -0.05) is 24.3 Å². The van der Waals surface area contributed by atoms with E-state index in [0.717, 1.165) is 32.8 Å². The second kappa shape index (κ2) is 4.92. The highest BCUT2D eigenvalue weighted by atomic mass is 16.5. The molecule has 1 saturated heterocycles. The predicted octanol–water partition coefficient (Wildman–Crippen LogP) is 2.07. The van der Waals surface area contributed by atoms with Gasteiger partial charge in [-0.15, -0.1) is 0 Å². The van der Waals surface area contributed by atoms with Crippen LogP contribution in [-0.4, -0.2) is 31.2 Å². The Balaban J connectivity index is 1.95. The number of benzene rings is 1. The van der Waals surface area contributed by atoms with E-state index in [1.165, 1.54) is 5.56 Å². The first-order valence-corrected chi connectivity index (χ1v) is 5.15. The van der Waals surface area contributed by atoms with E-state index in [4.69, 9.17) is 11.3 Å². The fourth-order valence-electron chi connectivity index (χ4n) is 1.69. The Morgan fingerprint density at radius 3 is 2.47 bits per heavy atom. The van der Waals surface area contributed by atoms with Crippen LogP contribution in [0.15, 0.2) is 24.3 Å². The molecule has 1 aromatic rings. The van der Waals surface area contributed by atoms with Gasteiger partial charge in [0.05, 0.1) is 19.8 Å². The van der Waals surface area contributed by atoms with Crippen LogP contribution in [-0.2, 0) is 11.3 Å². The van der Waals surface area contributed by atoms with Crippen molar-refractivity contribution in [3.05, 3.63) is 41.2 Å². The van der Waals surface area contributed by atoms with Gasteiger partial charge in [0, 0.05) is 19.6 Å². The van der Waals surface area contributed by atoms with Crippen molar-refractivity contribution in [2.45, 2.75) is 6.54 Å². The maximum Gasteiger partial charge on any atom is 0.187 e. The highest BCUT2D eigenvalue weighted by Gasteiger charge is 2.10. The molecule has 15 heavy (non-hydrogen) atoms. The van der Waals surface area contributed by atoms with Crippen LogP contribution < -0.4 is 0 Å².